The molecule has 0 bridgehead atoms. The summed E-state index contributed by atoms with van der Waals surface area (Å²) in [6.45, 7) is 6.66. The van der Waals surface area contributed by atoms with Gasteiger partial charge in [-0.15, -0.1) is 0 Å². The number of nitrogens with zero attached hydrogens (tertiary/aromatic N) is 4. The van der Waals surface area contributed by atoms with Gasteiger partial charge in [0.1, 0.15) is 30.6 Å². The molecule has 2 aromatic rings. The number of hydrogen-bond donors (Lipinski definition) is 1. The van der Waals surface area contributed by atoms with E-state index in [2.05, 4.69) is 21.5 Å². The molecule has 0 aliphatic carbocycles. The zero-order chi connectivity index (χ0) is 22.6. The predicted molar refractivity (Wildman–Crippen MR) is 107 cm³/mol. The normalized spacial score (nSPS) is 20.6. The Bertz CT molecular complexity index is 998. The lowest BCUT2D eigenvalue weighted by Gasteiger charge is -2.21. The molecule has 2 atom stereocenters. The molecule has 3 heterocycles. The Morgan fingerprint density at radius 2 is 2.06 bits per heavy atom. The van der Waals surface area contributed by atoms with Gasteiger partial charge in [-0.2, -0.15) is 10.4 Å². The second-order valence-corrected chi connectivity index (χ2v) is 7.70. The van der Waals surface area contributed by atoms with Crippen LogP contribution >= 0.6 is 0 Å². The Morgan fingerprint density at radius 3 is 2.74 bits per heavy atom. The van der Waals surface area contributed by atoms with Crippen LogP contribution in [0.1, 0.15) is 52.3 Å². The summed E-state index contributed by atoms with van der Waals surface area (Å²) in [6, 6.07) is 5.64. The minimum Gasteiger partial charge on any atom is -0.447 e. The van der Waals surface area contributed by atoms with Gasteiger partial charge in [0.2, 0.25) is 0 Å². The number of fused-ring (bicyclic) bond motifs is 1. The number of nitrogens with one attached hydrogen (secondary N) is 1. The molecule has 2 aromatic heterocycles. The molecule has 11 heteroatoms. The van der Waals surface area contributed by atoms with Crippen LogP contribution in [-0.2, 0) is 18.9 Å². The van der Waals surface area contributed by atoms with Gasteiger partial charge in [0.05, 0.1) is 17.9 Å². The first kappa shape index (κ1) is 22.3. The van der Waals surface area contributed by atoms with Gasteiger partial charge in [-0.05, 0) is 52.7 Å². The van der Waals surface area contributed by atoms with E-state index in [4.69, 9.17) is 18.9 Å². The summed E-state index contributed by atoms with van der Waals surface area (Å²) in [5, 5.41) is 16.5. The van der Waals surface area contributed by atoms with E-state index < -0.39 is 24.0 Å². The first-order valence-corrected chi connectivity index (χ1v) is 9.96. The Labute approximate surface area is 179 Å². The van der Waals surface area contributed by atoms with E-state index in [1.54, 1.807) is 44.3 Å². The fourth-order valence-electron chi connectivity index (χ4n) is 3.22. The van der Waals surface area contributed by atoms with Crippen LogP contribution in [0.4, 0.5) is 15.4 Å². The Hall–Kier alpha value is -3.39. The second-order valence-electron chi connectivity index (χ2n) is 7.70. The lowest BCUT2D eigenvalue weighted by atomic mass is 10.0. The zero-order valence-corrected chi connectivity index (χ0v) is 17.8. The third-order valence-corrected chi connectivity index (χ3v) is 4.51. The molecule has 2 unspecified atom stereocenters. The lowest BCUT2D eigenvalue weighted by Crippen LogP contribution is -2.34. The van der Waals surface area contributed by atoms with Gasteiger partial charge < -0.3 is 18.9 Å². The van der Waals surface area contributed by atoms with Crippen molar-refractivity contribution in [1.82, 2.24) is 14.6 Å². The number of hydrogen-bond acceptors (Lipinski definition) is 9. The highest BCUT2D eigenvalue weighted by atomic mass is 16.7. The number of carbonyl (C=O) groups is 2. The highest BCUT2D eigenvalue weighted by Crippen LogP contribution is 2.40. The molecule has 1 saturated heterocycles. The van der Waals surface area contributed by atoms with Crippen LogP contribution in [0.5, 0.6) is 0 Å². The quantitative estimate of drug-likeness (QED) is 0.682. The molecule has 0 radical (unpaired) electrons. The zero-order valence-electron chi connectivity index (χ0n) is 17.8. The number of aromatic nitrogens is 3. The number of rotatable bonds is 6. The maximum atomic E-state index is 11.9. The van der Waals surface area contributed by atoms with Crippen molar-refractivity contribution in [3.63, 3.8) is 0 Å². The minimum absolute atomic E-state index is 0.238. The Kier molecular flexibility index (Phi) is 6.60. The number of ether oxygens (including phenoxy) is 4. The SMILES string of the molecule is CC(C)OC(=O)Nc1ncnn2c(C3CCC(C#N)(COC(=O)OC(C)C)O3)ccc12. The molecule has 1 aliphatic rings. The maximum absolute atomic E-state index is 11.9. The van der Waals surface area contributed by atoms with Crippen molar-refractivity contribution in [3.05, 3.63) is 24.2 Å². The Balaban J connectivity index is 1.74. The highest BCUT2D eigenvalue weighted by molar-refractivity contribution is 5.88. The van der Waals surface area contributed by atoms with Crippen LogP contribution in [0.3, 0.4) is 0 Å². The maximum Gasteiger partial charge on any atom is 0.508 e. The first-order chi connectivity index (χ1) is 14.7. The van der Waals surface area contributed by atoms with E-state index >= 15 is 0 Å². The van der Waals surface area contributed by atoms with Gasteiger partial charge >= 0.3 is 12.2 Å². The average Bonchev–Trinajstić information content (AvgIpc) is 3.30. The van der Waals surface area contributed by atoms with Crippen molar-refractivity contribution in [1.29, 1.82) is 5.26 Å². The molecule has 0 saturated carbocycles. The first-order valence-electron chi connectivity index (χ1n) is 9.96. The van der Waals surface area contributed by atoms with Crippen molar-refractivity contribution in [2.45, 2.75) is 64.4 Å². The molecule has 1 N–H and O–H groups in total. The van der Waals surface area contributed by atoms with Crippen LogP contribution in [0, 0.1) is 11.3 Å². The van der Waals surface area contributed by atoms with Gasteiger partial charge in [0.15, 0.2) is 11.4 Å². The molecule has 3 rings (SSSR count). The van der Waals surface area contributed by atoms with E-state index in [0.29, 0.717) is 24.1 Å². The summed E-state index contributed by atoms with van der Waals surface area (Å²) in [4.78, 5) is 27.7. The van der Waals surface area contributed by atoms with Gasteiger partial charge in [-0.25, -0.2) is 19.1 Å². The smallest absolute Gasteiger partial charge is 0.447 e. The third-order valence-electron chi connectivity index (χ3n) is 4.51. The Morgan fingerprint density at radius 1 is 1.32 bits per heavy atom. The van der Waals surface area contributed by atoms with Crippen molar-refractivity contribution < 1.29 is 28.5 Å². The lowest BCUT2D eigenvalue weighted by molar-refractivity contribution is -0.0584. The van der Waals surface area contributed by atoms with Crippen LogP contribution in [0.25, 0.3) is 5.52 Å². The molecule has 0 aromatic carbocycles. The average molecular weight is 431 g/mol. The summed E-state index contributed by atoms with van der Waals surface area (Å²) in [7, 11) is 0. The number of carbonyl (C=O) groups excluding carboxylic acids is 2. The van der Waals surface area contributed by atoms with E-state index in [1.807, 2.05) is 0 Å². The predicted octanol–water partition coefficient (Wildman–Crippen LogP) is 3.36. The van der Waals surface area contributed by atoms with Gasteiger partial charge in [0.25, 0.3) is 0 Å². The van der Waals surface area contributed by atoms with Crippen molar-refractivity contribution >= 4 is 23.6 Å². The van der Waals surface area contributed by atoms with Gasteiger partial charge in [-0.3, -0.25) is 5.32 Å². The molecule has 1 aliphatic heterocycles. The number of amides is 1. The molecule has 11 nitrogen and oxygen atoms in total. The molecule has 166 valence electrons. The molecule has 1 amide bonds. The third kappa shape index (κ3) is 5.21. The molecular formula is C20H25N5O6. The van der Waals surface area contributed by atoms with Crippen LogP contribution in [0.15, 0.2) is 18.5 Å². The molecule has 31 heavy (non-hydrogen) atoms. The summed E-state index contributed by atoms with van der Waals surface area (Å²) in [6.07, 6.45) is -0.332. The summed E-state index contributed by atoms with van der Waals surface area (Å²) in [5.41, 5.74) is -0.0485. The molecule has 0 spiro atoms. The molecular weight excluding hydrogens is 406 g/mol. The largest absolute Gasteiger partial charge is 0.508 e. The van der Waals surface area contributed by atoms with E-state index in [9.17, 15) is 14.9 Å². The minimum atomic E-state index is -1.28. The fraction of sp³-hybridized carbons (Fsp3) is 0.550. The van der Waals surface area contributed by atoms with Crippen molar-refractivity contribution in [2.75, 3.05) is 11.9 Å². The monoisotopic (exact) mass is 431 g/mol. The van der Waals surface area contributed by atoms with Gasteiger partial charge in [-0.1, -0.05) is 0 Å². The highest BCUT2D eigenvalue weighted by Gasteiger charge is 2.43. The number of nitriles is 1. The van der Waals surface area contributed by atoms with Crippen LogP contribution in [-0.4, -0.2) is 51.3 Å². The van der Waals surface area contributed by atoms with E-state index in [-0.39, 0.29) is 24.6 Å². The van der Waals surface area contributed by atoms with E-state index in [0.717, 1.165) is 0 Å². The molecule has 1 fully saturated rings. The van der Waals surface area contributed by atoms with Crippen molar-refractivity contribution in [2.24, 2.45) is 0 Å². The standard InChI is InChI=1S/C20H25N5O6/c1-12(2)29-18(26)24-17-15-6-5-14(25(15)23-11-22-17)16-7-8-20(9-21,31-16)10-28-19(27)30-13(3)4/h5-6,11-13,16H,7-8,10H2,1-4H3,(H,22,23,24,26). The van der Waals surface area contributed by atoms with Gasteiger partial charge in [0, 0.05) is 0 Å². The van der Waals surface area contributed by atoms with Crippen LogP contribution in [0.2, 0.25) is 0 Å². The fourth-order valence-corrected chi connectivity index (χ4v) is 3.22. The summed E-state index contributed by atoms with van der Waals surface area (Å²) in [5.74, 6) is 0.288. The topological polar surface area (TPSA) is 137 Å². The number of anilines is 1. The van der Waals surface area contributed by atoms with E-state index in [1.165, 1.54) is 6.33 Å². The van der Waals surface area contributed by atoms with Crippen molar-refractivity contribution in [3.8, 4) is 6.07 Å². The second kappa shape index (κ2) is 9.18. The summed E-state index contributed by atoms with van der Waals surface area (Å²) < 4.78 is 22.7. The summed E-state index contributed by atoms with van der Waals surface area (Å²) >= 11 is 0. The van der Waals surface area contributed by atoms with Crippen LogP contribution < -0.4 is 5.32 Å².